The lowest BCUT2D eigenvalue weighted by molar-refractivity contribution is -0.324. The molecular weight excluding hydrogens is 389 g/mol. The first-order chi connectivity index (χ1) is 13.1. The van der Waals surface area contributed by atoms with Crippen LogP contribution in [0.25, 0.3) is 0 Å². The number of rotatable bonds is 3. The minimum absolute atomic E-state index is 0.0886. The Labute approximate surface area is 166 Å². The molecule has 4 nitrogen and oxygen atoms in total. The van der Waals surface area contributed by atoms with Gasteiger partial charge >= 0.3 is 6.18 Å². The molecular formula is C20H19F3N2O2S. The second kappa shape index (κ2) is 7.18. The van der Waals surface area contributed by atoms with Gasteiger partial charge in [0.15, 0.2) is 10.9 Å². The lowest BCUT2D eigenvalue weighted by Gasteiger charge is -2.54. The Morgan fingerprint density at radius 3 is 2.04 bits per heavy atom. The Hall–Kier alpha value is -2.45. The van der Waals surface area contributed by atoms with E-state index >= 15 is 0 Å². The Kier molecular flexibility index (Phi) is 5.20. The molecule has 1 saturated heterocycles. The van der Waals surface area contributed by atoms with Gasteiger partial charge in [0.25, 0.3) is 5.72 Å². The number of thiocarbonyl (C=S) groups is 1. The summed E-state index contributed by atoms with van der Waals surface area (Å²) < 4.78 is 42.5. The number of Topliss-reactive ketones (excluding diaryl/α,β-unsaturated/α-hetero) is 1. The Morgan fingerprint density at radius 1 is 1.04 bits per heavy atom. The van der Waals surface area contributed by atoms with Crippen LogP contribution >= 0.6 is 12.2 Å². The molecule has 1 aliphatic rings. The van der Waals surface area contributed by atoms with Gasteiger partial charge in [-0.05, 0) is 17.8 Å². The molecule has 28 heavy (non-hydrogen) atoms. The third-order valence-electron chi connectivity index (χ3n) is 5.17. The van der Waals surface area contributed by atoms with Crippen LogP contribution in [0, 0.1) is 5.92 Å². The summed E-state index contributed by atoms with van der Waals surface area (Å²) in [6.07, 6.45) is -5.12. The van der Waals surface area contributed by atoms with Crippen LogP contribution < -0.4 is 0 Å². The van der Waals surface area contributed by atoms with Crippen LogP contribution in [0.4, 0.5) is 13.2 Å². The second-order valence-electron chi connectivity index (χ2n) is 6.74. The van der Waals surface area contributed by atoms with Crippen molar-refractivity contribution in [2.24, 2.45) is 5.92 Å². The average Bonchev–Trinajstić information content (AvgIpc) is 2.69. The van der Waals surface area contributed by atoms with E-state index in [1.54, 1.807) is 48.5 Å². The molecule has 1 N–H and O–H groups in total. The first-order valence-corrected chi connectivity index (χ1v) is 8.95. The molecule has 1 heterocycles. The number of aliphatic hydroxyl groups is 1. The molecule has 0 aromatic heterocycles. The van der Waals surface area contributed by atoms with E-state index in [0.717, 1.165) is 7.05 Å². The molecule has 3 atom stereocenters. The quantitative estimate of drug-likeness (QED) is 0.621. The van der Waals surface area contributed by atoms with Gasteiger partial charge in [-0.2, -0.15) is 13.2 Å². The van der Waals surface area contributed by atoms with Crippen molar-refractivity contribution in [2.75, 3.05) is 14.1 Å². The molecule has 1 aliphatic heterocycles. The highest BCUT2D eigenvalue weighted by atomic mass is 32.1. The highest BCUT2D eigenvalue weighted by Gasteiger charge is 2.69. The molecule has 1 fully saturated rings. The number of hydrogen-bond donors (Lipinski definition) is 1. The molecule has 2 aromatic carbocycles. The van der Waals surface area contributed by atoms with Gasteiger partial charge in [-0.3, -0.25) is 4.79 Å². The summed E-state index contributed by atoms with van der Waals surface area (Å²) in [5.74, 6) is -2.66. The SMILES string of the molecule is CN1C(=S)N(C)[C@](O)(C(F)(F)F)[C@H](C(=O)c2ccccc2)[C@H]1c1ccccc1. The number of halogens is 3. The number of benzene rings is 2. The predicted octanol–water partition coefficient (Wildman–Crippen LogP) is 3.64. The minimum Gasteiger partial charge on any atom is -0.363 e. The van der Waals surface area contributed by atoms with E-state index < -0.39 is 29.6 Å². The fraction of sp³-hybridized carbons (Fsp3) is 0.300. The number of nitrogens with zero attached hydrogens (tertiary/aromatic N) is 2. The van der Waals surface area contributed by atoms with E-state index in [-0.39, 0.29) is 10.7 Å². The van der Waals surface area contributed by atoms with Gasteiger partial charge in [-0.25, -0.2) is 0 Å². The van der Waals surface area contributed by atoms with Crippen LogP contribution in [0.5, 0.6) is 0 Å². The van der Waals surface area contributed by atoms with Crippen LogP contribution in [0.15, 0.2) is 60.7 Å². The Bertz CT molecular complexity index is 876. The van der Waals surface area contributed by atoms with Gasteiger partial charge in [0, 0.05) is 19.7 Å². The van der Waals surface area contributed by atoms with Crippen LogP contribution in [0.2, 0.25) is 0 Å². The first-order valence-electron chi connectivity index (χ1n) is 8.54. The second-order valence-corrected chi connectivity index (χ2v) is 7.11. The van der Waals surface area contributed by atoms with E-state index in [0.29, 0.717) is 10.5 Å². The number of carbonyl (C=O) groups excluding carboxylic acids is 1. The molecule has 0 amide bonds. The summed E-state index contributed by atoms with van der Waals surface area (Å²) in [6.45, 7) is 0. The van der Waals surface area contributed by atoms with Gasteiger partial charge in [0.1, 0.15) is 5.92 Å². The fourth-order valence-corrected chi connectivity index (χ4v) is 3.95. The zero-order chi connectivity index (χ0) is 20.7. The number of alkyl halides is 3. The topological polar surface area (TPSA) is 43.8 Å². The largest absolute Gasteiger partial charge is 0.437 e. The van der Waals surface area contributed by atoms with Crippen molar-refractivity contribution in [1.82, 2.24) is 9.80 Å². The molecule has 0 bridgehead atoms. The van der Waals surface area contributed by atoms with E-state index in [9.17, 15) is 23.1 Å². The van der Waals surface area contributed by atoms with Crippen molar-refractivity contribution in [1.29, 1.82) is 0 Å². The fourth-order valence-electron chi connectivity index (χ4n) is 3.69. The van der Waals surface area contributed by atoms with Crippen LogP contribution in [-0.2, 0) is 0 Å². The molecule has 0 radical (unpaired) electrons. The lowest BCUT2D eigenvalue weighted by Crippen LogP contribution is -2.72. The van der Waals surface area contributed by atoms with Crippen molar-refractivity contribution in [2.45, 2.75) is 17.9 Å². The average molecular weight is 408 g/mol. The van der Waals surface area contributed by atoms with Crippen LogP contribution in [-0.4, -0.2) is 51.8 Å². The first kappa shape index (κ1) is 20.3. The third kappa shape index (κ3) is 3.06. The normalized spacial score (nSPS) is 25.7. The summed E-state index contributed by atoms with van der Waals surface area (Å²) in [5.41, 5.74) is -2.91. The number of hydrogen-bond acceptors (Lipinski definition) is 3. The smallest absolute Gasteiger partial charge is 0.363 e. The maximum atomic E-state index is 14.2. The summed E-state index contributed by atoms with van der Waals surface area (Å²) in [4.78, 5) is 15.3. The summed E-state index contributed by atoms with van der Waals surface area (Å²) >= 11 is 5.18. The Morgan fingerprint density at radius 2 is 1.54 bits per heavy atom. The maximum absolute atomic E-state index is 14.2. The Balaban J connectivity index is 2.26. The zero-order valence-corrected chi connectivity index (χ0v) is 16.0. The van der Waals surface area contributed by atoms with Crippen LogP contribution in [0.3, 0.4) is 0 Å². The minimum atomic E-state index is -5.12. The monoisotopic (exact) mass is 408 g/mol. The van der Waals surface area contributed by atoms with Gasteiger partial charge in [-0.1, -0.05) is 60.7 Å². The van der Waals surface area contributed by atoms with Gasteiger partial charge < -0.3 is 14.9 Å². The highest BCUT2D eigenvalue weighted by molar-refractivity contribution is 7.80. The summed E-state index contributed by atoms with van der Waals surface area (Å²) in [5, 5.41) is 10.8. The van der Waals surface area contributed by atoms with Crippen LogP contribution in [0.1, 0.15) is 22.0 Å². The molecule has 2 aromatic rings. The summed E-state index contributed by atoms with van der Waals surface area (Å²) in [7, 11) is 2.58. The van der Waals surface area contributed by atoms with Crippen molar-refractivity contribution in [3.63, 3.8) is 0 Å². The lowest BCUT2D eigenvalue weighted by atomic mass is 9.76. The van der Waals surface area contributed by atoms with E-state index in [1.807, 2.05) is 0 Å². The molecule has 0 unspecified atom stereocenters. The number of carbonyl (C=O) groups is 1. The molecule has 148 valence electrons. The number of ketones is 1. The zero-order valence-electron chi connectivity index (χ0n) is 15.2. The molecule has 0 spiro atoms. The molecule has 0 aliphatic carbocycles. The highest BCUT2D eigenvalue weighted by Crippen LogP contribution is 2.50. The van der Waals surface area contributed by atoms with Gasteiger partial charge in [-0.15, -0.1) is 0 Å². The van der Waals surface area contributed by atoms with Crippen molar-refractivity contribution < 1.29 is 23.1 Å². The molecule has 3 rings (SSSR count). The van der Waals surface area contributed by atoms with Crippen molar-refractivity contribution >= 4 is 23.1 Å². The van der Waals surface area contributed by atoms with E-state index in [1.165, 1.54) is 24.1 Å². The van der Waals surface area contributed by atoms with E-state index in [4.69, 9.17) is 12.2 Å². The predicted molar refractivity (Wildman–Crippen MR) is 103 cm³/mol. The maximum Gasteiger partial charge on any atom is 0.437 e. The van der Waals surface area contributed by atoms with Gasteiger partial charge in [0.05, 0.1) is 6.04 Å². The summed E-state index contributed by atoms with van der Waals surface area (Å²) in [6, 6.07) is 14.9. The third-order valence-corrected chi connectivity index (χ3v) is 5.73. The van der Waals surface area contributed by atoms with Crippen molar-refractivity contribution in [3.05, 3.63) is 71.8 Å². The molecule has 0 saturated carbocycles. The standard InChI is InChI=1S/C20H19F3N2O2S/c1-24-16(13-9-5-3-6-10-13)15(17(26)14-11-7-4-8-12-14)19(27,20(21,22)23)25(2)18(24)28/h3-12,15-16,27H,1-2H3/t15-,16+,19+/m0/s1. The van der Waals surface area contributed by atoms with E-state index in [2.05, 4.69) is 0 Å². The van der Waals surface area contributed by atoms with Crippen molar-refractivity contribution in [3.8, 4) is 0 Å². The van der Waals surface area contributed by atoms with Gasteiger partial charge in [0.2, 0.25) is 0 Å². The molecule has 8 heteroatoms.